The van der Waals surface area contributed by atoms with Crippen LogP contribution in [0.3, 0.4) is 0 Å². The Bertz CT molecular complexity index is 351. The third-order valence-electron chi connectivity index (χ3n) is 4.67. The Morgan fingerprint density at radius 3 is 2.30 bits per heavy atom. The van der Waals surface area contributed by atoms with Crippen LogP contribution in [-0.4, -0.2) is 30.2 Å². The van der Waals surface area contributed by atoms with Gasteiger partial charge in [0, 0.05) is 13.1 Å². The van der Waals surface area contributed by atoms with Crippen LogP contribution in [0.25, 0.3) is 0 Å². The molecule has 5 heteroatoms. The molecule has 20 heavy (non-hydrogen) atoms. The Kier molecular flexibility index (Phi) is 5.84. The van der Waals surface area contributed by atoms with Gasteiger partial charge in [-0.2, -0.15) is 0 Å². The summed E-state index contributed by atoms with van der Waals surface area (Å²) in [4.78, 5) is 22.9. The van der Waals surface area contributed by atoms with Gasteiger partial charge in [0.15, 0.2) is 0 Å². The van der Waals surface area contributed by atoms with Gasteiger partial charge in [-0.1, -0.05) is 33.1 Å². The number of amides is 2. The molecule has 1 saturated carbocycles. The minimum Gasteiger partial charge on any atom is -0.481 e. The topological polar surface area (TPSA) is 78.4 Å². The molecule has 1 aliphatic rings. The number of carbonyl (C=O) groups excluding carboxylic acids is 1. The summed E-state index contributed by atoms with van der Waals surface area (Å²) in [5.41, 5.74) is -0.706. The summed E-state index contributed by atoms with van der Waals surface area (Å²) in [7, 11) is 0. The number of nitrogens with one attached hydrogen (secondary N) is 2. The van der Waals surface area contributed by atoms with Gasteiger partial charge in [0.25, 0.3) is 0 Å². The van der Waals surface area contributed by atoms with Crippen LogP contribution in [0.15, 0.2) is 0 Å². The van der Waals surface area contributed by atoms with E-state index >= 15 is 0 Å². The van der Waals surface area contributed by atoms with E-state index in [4.69, 9.17) is 5.11 Å². The maximum atomic E-state index is 11.8. The first-order valence-corrected chi connectivity index (χ1v) is 7.56. The molecule has 1 aliphatic carbocycles. The van der Waals surface area contributed by atoms with Crippen molar-refractivity contribution in [1.82, 2.24) is 10.6 Å². The molecule has 0 bridgehead atoms. The molecule has 0 aromatic heterocycles. The van der Waals surface area contributed by atoms with E-state index in [1.165, 1.54) is 19.3 Å². The fraction of sp³-hybridized carbons (Fsp3) is 0.867. The second-order valence-corrected chi connectivity index (χ2v) is 6.63. The van der Waals surface area contributed by atoms with Crippen molar-refractivity contribution in [1.29, 1.82) is 0 Å². The first-order valence-electron chi connectivity index (χ1n) is 7.56. The molecule has 0 aromatic carbocycles. The minimum absolute atomic E-state index is 0.154. The summed E-state index contributed by atoms with van der Waals surface area (Å²) in [5.74, 6) is -0.875. The van der Waals surface area contributed by atoms with Crippen LogP contribution in [0.2, 0.25) is 0 Å². The van der Waals surface area contributed by atoms with Gasteiger partial charge in [0.2, 0.25) is 0 Å². The molecule has 0 heterocycles. The number of carbonyl (C=O) groups is 2. The lowest BCUT2D eigenvalue weighted by Gasteiger charge is -2.33. The van der Waals surface area contributed by atoms with E-state index < -0.39 is 11.4 Å². The molecule has 1 unspecified atom stereocenters. The van der Waals surface area contributed by atoms with Gasteiger partial charge in [-0.15, -0.1) is 0 Å². The Morgan fingerprint density at radius 2 is 1.80 bits per heavy atom. The minimum atomic E-state index is -0.897. The van der Waals surface area contributed by atoms with E-state index in [-0.39, 0.29) is 18.0 Å². The van der Waals surface area contributed by atoms with Gasteiger partial charge in [-0.25, -0.2) is 4.79 Å². The van der Waals surface area contributed by atoms with Crippen molar-refractivity contribution >= 4 is 12.0 Å². The highest BCUT2D eigenvalue weighted by atomic mass is 16.4. The Morgan fingerprint density at radius 1 is 1.20 bits per heavy atom. The molecule has 0 spiro atoms. The molecular formula is C15H28N2O3. The molecule has 1 atom stereocenters. The molecule has 0 radical (unpaired) electrons. The van der Waals surface area contributed by atoms with Crippen molar-refractivity contribution in [3.05, 3.63) is 0 Å². The Labute approximate surface area is 121 Å². The maximum absolute atomic E-state index is 11.8. The lowest BCUT2D eigenvalue weighted by Crippen LogP contribution is -2.47. The molecule has 1 fully saturated rings. The van der Waals surface area contributed by atoms with E-state index in [2.05, 4.69) is 17.6 Å². The largest absolute Gasteiger partial charge is 0.481 e. The van der Waals surface area contributed by atoms with Crippen LogP contribution >= 0.6 is 0 Å². The van der Waals surface area contributed by atoms with Gasteiger partial charge in [-0.05, 0) is 31.6 Å². The van der Waals surface area contributed by atoms with Crippen molar-refractivity contribution in [2.75, 3.05) is 13.1 Å². The van der Waals surface area contributed by atoms with Gasteiger partial charge in [0.05, 0.1) is 5.41 Å². The lowest BCUT2D eigenvalue weighted by molar-refractivity contribution is -0.147. The van der Waals surface area contributed by atoms with Gasteiger partial charge in [0.1, 0.15) is 0 Å². The molecule has 5 nitrogen and oxygen atoms in total. The Hall–Kier alpha value is -1.26. The van der Waals surface area contributed by atoms with E-state index in [9.17, 15) is 9.59 Å². The monoisotopic (exact) mass is 284 g/mol. The highest BCUT2D eigenvalue weighted by Gasteiger charge is 2.32. The van der Waals surface area contributed by atoms with Crippen LogP contribution < -0.4 is 10.6 Å². The second-order valence-electron chi connectivity index (χ2n) is 6.63. The average molecular weight is 284 g/mol. The van der Waals surface area contributed by atoms with Crippen molar-refractivity contribution in [3.8, 4) is 0 Å². The number of urea groups is 1. The van der Waals surface area contributed by atoms with Gasteiger partial charge < -0.3 is 15.7 Å². The molecule has 0 aromatic rings. The zero-order chi connectivity index (χ0) is 15.2. The van der Waals surface area contributed by atoms with Crippen molar-refractivity contribution in [3.63, 3.8) is 0 Å². The highest BCUT2D eigenvalue weighted by Crippen LogP contribution is 2.34. The molecule has 0 aliphatic heterocycles. The molecule has 3 N–H and O–H groups in total. The highest BCUT2D eigenvalue weighted by molar-refractivity contribution is 5.77. The fourth-order valence-corrected chi connectivity index (χ4v) is 2.57. The summed E-state index contributed by atoms with van der Waals surface area (Å²) in [6, 6.07) is -0.266. The molecule has 2 amide bonds. The predicted octanol–water partition coefficient (Wildman–Crippen LogP) is 2.76. The molecular weight excluding hydrogens is 256 g/mol. The van der Waals surface area contributed by atoms with Crippen LogP contribution in [0.4, 0.5) is 4.79 Å². The zero-order valence-electron chi connectivity index (χ0n) is 12.9. The van der Waals surface area contributed by atoms with Crippen LogP contribution in [-0.2, 0) is 4.79 Å². The van der Waals surface area contributed by atoms with E-state index in [0.29, 0.717) is 13.0 Å². The fourth-order valence-electron chi connectivity index (χ4n) is 2.57. The first-order chi connectivity index (χ1) is 9.31. The third kappa shape index (κ3) is 4.69. The smallest absolute Gasteiger partial charge is 0.314 e. The van der Waals surface area contributed by atoms with Gasteiger partial charge >= 0.3 is 12.0 Å². The summed E-state index contributed by atoms with van der Waals surface area (Å²) < 4.78 is 0. The quantitative estimate of drug-likeness (QED) is 0.701. The summed E-state index contributed by atoms with van der Waals surface area (Å²) in [6.07, 6.45) is 6.53. The van der Waals surface area contributed by atoms with E-state index in [0.717, 1.165) is 12.8 Å². The number of aliphatic carboxylic acids is 1. The zero-order valence-corrected chi connectivity index (χ0v) is 12.9. The third-order valence-corrected chi connectivity index (χ3v) is 4.67. The number of rotatable bonds is 6. The Balaban J connectivity index is 2.35. The van der Waals surface area contributed by atoms with Crippen molar-refractivity contribution in [2.24, 2.45) is 10.8 Å². The standard InChI is InChI=1S/C15H28N2O3/c1-4-15(3,12(18)19)11-17-13(20)16-10-14(2)8-6-5-7-9-14/h4-11H2,1-3H3,(H,18,19)(H2,16,17,20). The number of hydrogen-bond donors (Lipinski definition) is 3. The first kappa shape index (κ1) is 16.8. The van der Waals surface area contributed by atoms with Crippen LogP contribution in [0.1, 0.15) is 59.3 Å². The lowest BCUT2D eigenvalue weighted by atomic mass is 9.76. The SMILES string of the molecule is CCC(C)(CNC(=O)NCC1(C)CCCCC1)C(=O)O. The van der Waals surface area contributed by atoms with E-state index in [1.807, 2.05) is 6.92 Å². The average Bonchev–Trinajstić information content (AvgIpc) is 2.43. The van der Waals surface area contributed by atoms with Gasteiger partial charge in [-0.3, -0.25) is 4.79 Å². The summed E-state index contributed by atoms with van der Waals surface area (Å²) in [6.45, 7) is 6.49. The number of hydrogen-bond acceptors (Lipinski definition) is 2. The van der Waals surface area contributed by atoms with Crippen molar-refractivity contribution in [2.45, 2.75) is 59.3 Å². The molecule has 0 saturated heterocycles. The summed E-state index contributed by atoms with van der Waals surface area (Å²) >= 11 is 0. The van der Waals surface area contributed by atoms with Crippen LogP contribution in [0.5, 0.6) is 0 Å². The number of carboxylic acids is 1. The second kappa shape index (κ2) is 6.95. The molecule has 1 rings (SSSR count). The normalized spacial score (nSPS) is 20.8. The number of carboxylic acid groups (broad SMARTS) is 1. The predicted molar refractivity (Wildman–Crippen MR) is 78.6 cm³/mol. The van der Waals surface area contributed by atoms with Crippen molar-refractivity contribution < 1.29 is 14.7 Å². The maximum Gasteiger partial charge on any atom is 0.314 e. The van der Waals surface area contributed by atoms with E-state index in [1.54, 1.807) is 6.92 Å². The van der Waals surface area contributed by atoms with Crippen LogP contribution in [0, 0.1) is 10.8 Å². The summed E-state index contributed by atoms with van der Waals surface area (Å²) in [5, 5.41) is 14.7. The molecule has 116 valence electrons.